The number of nitrogens with two attached hydrogens (primary N) is 1. The number of nitrogen functional groups attached to an aromatic ring is 1. The van der Waals surface area contributed by atoms with Gasteiger partial charge in [-0.15, -0.1) is 0 Å². The molecular formula is C20H23N5O3. The minimum atomic E-state index is -0.615. The Morgan fingerprint density at radius 2 is 2.11 bits per heavy atom. The van der Waals surface area contributed by atoms with Crippen LogP contribution in [0.5, 0.6) is 5.75 Å². The Labute approximate surface area is 162 Å². The van der Waals surface area contributed by atoms with Crippen LogP contribution in [-0.4, -0.2) is 46.4 Å². The smallest absolute Gasteiger partial charge is 0.257 e. The molecule has 28 heavy (non-hydrogen) atoms. The molecule has 0 spiro atoms. The summed E-state index contributed by atoms with van der Waals surface area (Å²) in [4.78, 5) is 23.8. The fourth-order valence-corrected chi connectivity index (χ4v) is 2.75. The predicted octanol–water partition coefficient (Wildman–Crippen LogP) is 1.35. The standard InChI is InChI=1S/C20H23N5O3/c1-12-17(16-7-4-8-23-20(16)27)24-19(25-18(12)21)13-5-3-6-15(9-13)28-11-14(26)10-22-2/h3-9,14,22,26H,10-11H2,1-2H3,(H,23,27)(H2,21,24,25). The van der Waals surface area contributed by atoms with Gasteiger partial charge in [-0.2, -0.15) is 0 Å². The molecule has 8 heteroatoms. The third-order valence-corrected chi connectivity index (χ3v) is 4.23. The molecule has 2 aromatic heterocycles. The zero-order valence-electron chi connectivity index (χ0n) is 15.8. The summed E-state index contributed by atoms with van der Waals surface area (Å²) in [5.41, 5.74) is 8.09. The fraction of sp³-hybridized carbons (Fsp3) is 0.250. The minimum Gasteiger partial charge on any atom is -0.491 e. The molecule has 1 atom stereocenters. The number of rotatable bonds is 7. The molecule has 0 amide bonds. The number of nitrogens with one attached hydrogen (secondary N) is 2. The average Bonchev–Trinajstić information content (AvgIpc) is 2.69. The van der Waals surface area contributed by atoms with E-state index in [1.807, 2.05) is 12.1 Å². The van der Waals surface area contributed by atoms with Crippen molar-refractivity contribution in [3.05, 3.63) is 58.5 Å². The van der Waals surface area contributed by atoms with Gasteiger partial charge in [0.1, 0.15) is 24.3 Å². The van der Waals surface area contributed by atoms with Gasteiger partial charge in [-0.1, -0.05) is 12.1 Å². The molecule has 0 aliphatic carbocycles. The largest absolute Gasteiger partial charge is 0.491 e. The number of benzene rings is 1. The second-order valence-electron chi connectivity index (χ2n) is 6.37. The highest BCUT2D eigenvalue weighted by molar-refractivity contribution is 5.70. The Hall–Kier alpha value is -3.23. The van der Waals surface area contributed by atoms with E-state index in [2.05, 4.69) is 20.3 Å². The summed E-state index contributed by atoms with van der Waals surface area (Å²) in [6, 6.07) is 10.6. The topological polar surface area (TPSA) is 126 Å². The van der Waals surface area contributed by atoms with Crippen molar-refractivity contribution in [3.8, 4) is 28.4 Å². The van der Waals surface area contributed by atoms with E-state index >= 15 is 0 Å². The molecule has 0 saturated carbocycles. The highest BCUT2D eigenvalue weighted by Crippen LogP contribution is 2.27. The van der Waals surface area contributed by atoms with Gasteiger partial charge in [0, 0.05) is 23.9 Å². The molecule has 0 saturated heterocycles. The molecule has 0 fully saturated rings. The van der Waals surface area contributed by atoms with Gasteiger partial charge >= 0.3 is 0 Å². The molecule has 3 rings (SSSR count). The summed E-state index contributed by atoms with van der Waals surface area (Å²) in [6.07, 6.45) is 0.951. The Kier molecular flexibility index (Phi) is 6.03. The molecule has 0 aliphatic rings. The lowest BCUT2D eigenvalue weighted by atomic mass is 10.1. The number of hydrogen-bond acceptors (Lipinski definition) is 7. The minimum absolute atomic E-state index is 0.159. The van der Waals surface area contributed by atoms with Gasteiger partial charge in [0.05, 0.1) is 11.3 Å². The number of hydrogen-bond donors (Lipinski definition) is 4. The third kappa shape index (κ3) is 4.36. The van der Waals surface area contributed by atoms with Crippen molar-refractivity contribution in [2.45, 2.75) is 13.0 Å². The number of ether oxygens (including phenoxy) is 1. The summed E-state index contributed by atoms with van der Waals surface area (Å²) in [5, 5.41) is 12.7. The first-order valence-electron chi connectivity index (χ1n) is 8.87. The molecule has 3 aromatic rings. The predicted molar refractivity (Wildman–Crippen MR) is 108 cm³/mol. The molecule has 1 aromatic carbocycles. The van der Waals surface area contributed by atoms with E-state index < -0.39 is 6.10 Å². The van der Waals surface area contributed by atoms with Crippen LogP contribution in [0, 0.1) is 6.92 Å². The van der Waals surface area contributed by atoms with Crippen LogP contribution in [0.3, 0.4) is 0 Å². The van der Waals surface area contributed by atoms with Crippen molar-refractivity contribution in [2.75, 3.05) is 25.9 Å². The van der Waals surface area contributed by atoms with Crippen LogP contribution in [0.2, 0.25) is 0 Å². The molecular weight excluding hydrogens is 358 g/mol. The summed E-state index contributed by atoms with van der Waals surface area (Å²) in [5.74, 6) is 1.27. The second kappa shape index (κ2) is 8.64. The summed E-state index contributed by atoms with van der Waals surface area (Å²) in [6.45, 7) is 2.38. The lowest BCUT2D eigenvalue weighted by Crippen LogP contribution is -2.29. The molecule has 8 nitrogen and oxygen atoms in total. The van der Waals surface area contributed by atoms with E-state index in [0.29, 0.717) is 46.3 Å². The first-order valence-corrected chi connectivity index (χ1v) is 8.87. The van der Waals surface area contributed by atoms with Crippen LogP contribution >= 0.6 is 0 Å². The van der Waals surface area contributed by atoms with Gasteiger partial charge < -0.3 is 25.9 Å². The van der Waals surface area contributed by atoms with Gasteiger partial charge in [-0.25, -0.2) is 9.97 Å². The Bertz CT molecular complexity index is 1020. The third-order valence-electron chi connectivity index (χ3n) is 4.23. The second-order valence-corrected chi connectivity index (χ2v) is 6.37. The Morgan fingerprint density at radius 1 is 1.29 bits per heavy atom. The maximum absolute atomic E-state index is 12.2. The van der Waals surface area contributed by atoms with Crippen LogP contribution < -0.4 is 21.3 Å². The van der Waals surface area contributed by atoms with E-state index in [-0.39, 0.29) is 12.2 Å². The van der Waals surface area contributed by atoms with Crippen molar-refractivity contribution in [3.63, 3.8) is 0 Å². The number of nitrogens with zero attached hydrogens (tertiary/aromatic N) is 2. The number of aliphatic hydroxyl groups is 1. The van der Waals surface area contributed by atoms with Crippen molar-refractivity contribution in [1.29, 1.82) is 0 Å². The van der Waals surface area contributed by atoms with E-state index in [9.17, 15) is 9.90 Å². The molecule has 1 unspecified atom stereocenters. The highest BCUT2D eigenvalue weighted by Gasteiger charge is 2.15. The van der Waals surface area contributed by atoms with Gasteiger partial charge in [0.25, 0.3) is 5.56 Å². The lowest BCUT2D eigenvalue weighted by Gasteiger charge is -2.13. The van der Waals surface area contributed by atoms with Gasteiger partial charge in [0.15, 0.2) is 5.82 Å². The number of aliphatic hydroxyl groups excluding tert-OH is 1. The van der Waals surface area contributed by atoms with Crippen molar-refractivity contribution in [2.24, 2.45) is 0 Å². The number of aromatic amines is 1. The molecule has 146 valence electrons. The number of likely N-dealkylation sites (N-methyl/N-ethyl adjacent to an activating group) is 1. The van der Waals surface area contributed by atoms with E-state index in [1.165, 1.54) is 0 Å². The zero-order valence-corrected chi connectivity index (χ0v) is 15.8. The van der Waals surface area contributed by atoms with Crippen LogP contribution in [0.4, 0.5) is 5.82 Å². The van der Waals surface area contributed by atoms with E-state index in [1.54, 1.807) is 44.4 Å². The molecule has 5 N–H and O–H groups in total. The van der Waals surface area contributed by atoms with Crippen molar-refractivity contribution in [1.82, 2.24) is 20.3 Å². The van der Waals surface area contributed by atoms with Crippen LogP contribution in [0.1, 0.15) is 5.56 Å². The number of aromatic nitrogens is 3. The van der Waals surface area contributed by atoms with E-state index in [4.69, 9.17) is 10.5 Å². The maximum atomic E-state index is 12.2. The first kappa shape index (κ1) is 19.5. The molecule has 0 radical (unpaired) electrons. The van der Waals surface area contributed by atoms with Crippen LogP contribution in [0.15, 0.2) is 47.4 Å². The summed E-state index contributed by atoms with van der Waals surface area (Å²) < 4.78 is 5.64. The normalized spacial score (nSPS) is 12.0. The maximum Gasteiger partial charge on any atom is 0.257 e. The Morgan fingerprint density at radius 3 is 2.86 bits per heavy atom. The van der Waals surface area contributed by atoms with Crippen molar-refractivity contribution >= 4 is 5.82 Å². The fourth-order valence-electron chi connectivity index (χ4n) is 2.75. The number of anilines is 1. The summed E-state index contributed by atoms with van der Waals surface area (Å²) >= 11 is 0. The van der Waals surface area contributed by atoms with Gasteiger partial charge in [-0.3, -0.25) is 4.79 Å². The van der Waals surface area contributed by atoms with Crippen LogP contribution in [-0.2, 0) is 0 Å². The van der Waals surface area contributed by atoms with E-state index in [0.717, 1.165) is 0 Å². The quantitative estimate of drug-likeness (QED) is 0.487. The van der Waals surface area contributed by atoms with Crippen molar-refractivity contribution < 1.29 is 9.84 Å². The zero-order chi connectivity index (χ0) is 20.1. The van der Waals surface area contributed by atoms with Crippen LogP contribution in [0.25, 0.3) is 22.6 Å². The monoisotopic (exact) mass is 381 g/mol. The Balaban J connectivity index is 1.95. The average molecular weight is 381 g/mol. The van der Waals surface area contributed by atoms with Gasteiger partial charge in [-0.05, 0) is 38.2 Å². The molecule has 0 aliphatic heterocycles. The molecule has 0 bridgehead atoms. The first-order chi connectivity index (χ1) is 13.5. The molecule has 2 heterocycles. The van der Waals surface area contributed by atoms with Gasteiger partial charge in [0.2, 0.25) is 0 Å². The lowest BCUT2D eigenvalue weighted by molar-refractivity contribution is 0.108. The number of H-pyrrole nitrogens is 1. The highest BCUT2D eigenvalue weighted by atomic mass is 16.5. The number of pyridine rings is 1. The summed E-state index contributed by atoms with van der Waals surface area (Å²) in [7, 11) is 1.76. The SMILES string of the molecule is CNCC(O)COc1cccc(-c2nc(N)c(C)c(-c3ccc[nH]c3=O)n2)c1.